The lowest BCUT2D eigenvalue weighted by Crippen LogP contribution is -1.98. The minimum Gasteiger partial charge on any atom is -0.388 e. The number of hydrogen-bond acceptors (Lipinski definition) is 6. The van der Waals surface area contributed by atoms with Gasteiger partial charge in [-0.2, -0.15) is 0 Å². The Morgan fingerprint density at radius 2 is 2.11 bits per heavy atom. The van der Waals surface area contributed by atoms with E-state index in [1.165, 1.54) is 17.8 Å². The average Bonchev–Trinajstić information content (AvgIpc) is 3.30. The van der Waals surface area contributed by atoms with Crippen LogP contribution in [0.1, 0.15) is 5.69 Å². The van der Waals surface area contributed by atoms with E-state index in [1.807, 2.05) is 36.3 Å². The number of fused-ring (bicyclic) bond motifs is 1. The van der Waals surface area contributed by atoms with E-state index < -0.39 is 0 Å². The lowest BCUT2D eigenvalue weighted by molar-refractivity contribution is -0.387. The molecule has 8 heteroatoms. The molecule has 0 amide bonds. The Labute approximate surface area is 164 Å². The van der Waals surface area contributed by atoms with Crippen molar-refractivity contribution >= 4 is 45.4 Å². The molecule has 0 fully saturated rings. The number of rotatable bonds is 6. The van der Waals surface area contributed by atoms with Crippen molar-refractivity contribution in [3.63, 3.8) is 0 Å². The molecule has 6 nitrogen and oxygen atoms in total. The smallest absolute Gasteiger partial charge is 0.283 e. The second-order valence-electron chi connectivity index (χ2n) is 5.91. The molecule has 2 aromatic carbocycles. The van der Waals surface area contributed by atoms with E-state index in [2.05, 4.69) is 27.0 Å². The zero-order valence-electron chi connectivity index (χ0n) is 14.5. The summed E-state index contributed by atoms with van der Waals surface area (Å²) in [7, 11) is 1.89. The van der Waals surface area contributed by atoms with Crippen molar-refractivity contribution in [3.8, 4) is 0 Å². The molecule has 0 atom stereocenters. The van der Waals surface area contributed by atoms with Crippen molar-refractivity contribution in [3.05, 3.63) is 75.4 Å². The van der Waals surface area contributed by atoms with Crippen molar-refractivity contribution in [2.45, 2.75) is 16.3 Å². The molecule has 2 aromatic heterocycles. The van der Waals surface area contributed by atoms with Gasteiger partial charge in [0, 0.05) is 40.7 Å². The van der Waals surface area contributed by atoms with Gasteiger partial charge in [0.15, 0.2) is 0 Å². The van der Waals surface area contributed by atoms with Crippen LogP contribution in [0.5, 0.6) is 0 Å². The van der Waals surface area contributed by atoms with Crippen molar-refractivity contribution in [2.75, 3.05) is 12.4 Å². The average molecular weight is 396 g/mol. The summed E-state index contributed by atoms with van der Waals surface area (Å²) >= 11 is 2.99. The minimum absolute atomic E-state index is 0.120. The molecule has 0 aliphatic rings. The Morgan fingerprint density at radius 3 is 2.85 bits per heavy atom. The number of aromatic nitrogens is 2. The molecule has 136 valence electrons. The summed E-state index contributed by atoms with van der Waals surface area (Å²) in [6, 6.07) is 13.0. The van der Waals surface area contributed by atoms with E-state index in [-0.39, 0.29) is 10.6 Å². The number of nitro benzene ring substituents is 1. The molecule has 0 saturated heterocycles. The molecule has 4 rings (SSSR count). The zero-order valence-corrected chi connectivity index (χ0v) is 16.1. The number of thiazole rings is 1. The van der Waals surface area contributed by atoms with E-state index in [0.717, 1.165) is 27.2 Å². The lowest BCUT2D eigenvalue weighted by Gasteiger charge is -2.05. The summed E-state index contributed by atoms with van der Waals surface area (Å²) in [5, 5.41) is 17.6. The molecule has 2 heterocycles. The van der Waals surface area contributed by atoms with Crippen LogP contribution >= 0.6 is 23.1 Å². The number of benzene rings is 2. The second kappa shape index (κ2) is 7.42. The molecule has 27 heavy (non-hydrogen) atoms. The molecule has 1 N–H and O–H groups in total. The normalized spacial score (nSPS) is 11.0. The summed E-state index contributed by atoms with van der Waals surface area (Å²) < 4.78 is 2.14. The summed E-state index contributed by atoms with van der Waals surface area (Å²) in [5.41, 5.74) is 5.02. The molecule has 0 aliphatic carbocycles. The van der Waals surface area contributed by atoms with Gasteiger partial charge in [0.1, 0.15) is 0 Å². The Kier molecular flexibility index (Phi) is 4.83. The molecule has 0 spiro atoms. The molecule has 0 unspecified atom stereocenters. The minimum atomic E-state index is -0.337. The van der Waals surface area contributed by atoms with Gasteiger partial charge < -0.3 is 9.88 Å². The fourth-order valence-corrected chi connectivity index (χ4v) is 4.57. The van der Waals surface area contributed by atoms with Crippen LogP contribution in [0.2, 0.25) is 0 Å². The monoisotopic (exact) mass is 396 g/mol. The van der Waals surface area contributed by atoms with Gasteiger partial charge in [-0.15, -0.1) is 11.3 Å². The van der Waals surface area contributed by atoms with Crippen molar-refractivity contribution in [2.24, 2.45) is 0 Å². The van der Waals surface area contributed by atoms with Gasteiger partial charge in [-0.25, -0.2) is 4.98 Å². The molecule has 0 saturated carbocycles. The number of nitro groups is 1. The summed E-state index contributed by atoms with van der Waals surface area (Å²) in [5.74, 6) is 0. The third kappa shape index (κ3) is 3.54. The number of hydrogen-bond donors (Lipinski definition) is 1. The molecule has 0 aliphatic heterocycles. The van der Waals surface area contributed by atoms with Crippen LogP contribution in [-0.4, -0.2) is 21.5 Å². The number of para-hydroxylation sites is 1. The molecule has 4 aromatic rings. The van der Waals surface area contributed by atoms with Gasteiger partial charge in [-0.05, 0) is 24.3 Å². The van der Waals surface area contributed by atoms with E-state index in [0.29, 0.717) is 11.4 Å². The predicted molar refractivity (Wildman–Crippen MR) is 110 cm³/mol. The van der Waals surface area contributed by atoms with Crippen LogP contribution in [0.15, 0.2) is 69.3 Å². The van der Waals surface area contributed by atoms with Crippen LogP contribution < -0.4 is 5.32 Å². The van der Waals surface area contributed by atoms with Crippen LogP contribution in [0, 0.1) is 10.1 Å². The maximum Gasteiger partial charge on any atom is 0.283 e. The van der Waals surface area contributed by atoms with Crippen LogP contribution in [0.4, 0.5) is 11.4 Å². The Bertz CT molecular complexity index is 1110. The van der Waals surface area contributed by atoms with E-state index >= 15 is 0 Å². The predicted octanol–water partition coefficient (Wildman–Crippen LogP) is 5.25. The zero-order chi connectivity index (χ0) is 18.8. The number of nitrogens with zero attached hydrogens (tertiary/aromatic N) is 3. The highest BCUT2D eigenvalue weighted by atomic mass is 32.2. The first-order valence-electron chi connectivity index (χ1n) is 8.24. The van der Waals surface area contributed by atoms with E-state index in [4.69, 9.17) is 0 Å². The van der Waals surface area contributed by atoms with Crippen LogP contribution in [0.3, 0.4) is 0 Å². The Morgan fingerprint density at radius 1 is 1.26 bits per heavy atom. The van der Waals surface area contributed by atoms with E-state index in [1.54, 1.807) is 23.5 Å². The van der Waals surface area contributed by atoms with Gasteiger partial charge >= 0.3 is 0 Å². The van der Waals surface area contributed by atoms with Crippen LogP contribution in [0.25, 0.3) is 10.9 Å². The van der Waals surface area contributed by atoms with Gasteiger partial charge in [-0.3, -0.25) is 10.1 Å². The third-order valence-electron chi connectivity index (χ3n) is 4.23. The first-order chi connectivity index (χ1) is 13.2. The Balaban J connectivity index is 1.80. The first-order valence-corrected chi connectivity index (χ1v) is 10.0. The Hall–Kier alpha value is -2.84. The summed E-state index contributed by atoms with van der Waals surface area (Å²) in [4.78, 5) is 17.0. The maximum absolute atomic E-state index is 11.3. The molecule has 0 radical (unpaired) electrons. The number of anilines is 1. The highest BCUT2D eigenvalue weighted by Gasteiger charge is 2.17. The van der Waals surface area contributed by atoms with Crippen LogP contribution in [-0.2, 0) is 6.54 Å². The van der Waals surface area contributed by atoms with Gasteiger partial charge in [-0.1, -0.05) is 23.9 Å². The van der Waals surface area contributed by atoms with Gasteiger partial charge in [0.2, 0.25) is 0 Å². The lowest BCUT2D eigenvalue weighted by atomic mass is 10.2. The van der Waals surface area contributed by atoms with Crippen molar-refractivity contribution in [1.29, 1.82) is 0 Å². The SMILES string of the molecule is CNc1ccc2c(Sc3ccccc3[N+](=O)[O-])cn(Cc3cscn3)c2c1. The fourth-order valence-electron chi connectivity index (χ4n) is 2.93. The molecular formula is C19H16N4O2S2. The molecule has 0 bridgehead atoms. The van der Waals surface area contributed by atoms with Crippen molar-refractivity contribution in [1.82, 2.24) is 9.55 Å². The highest BCUT2D eigenvalue weighted by molar-refractivity contribution is 7.99. The fraction of sp³-hybridized carbons (Fsp3) is 0.105. The highest BCUT2D eigenvalue weighted by Crippen LogP contribution is 2.39. The van der Waals surface area contributed by atoms with Crippen molar-refractivity contribution < 1.29 is 4.92 Å². The maximum atomic E-state index is 11.3. The van der Waals surface area contributed by atoms with E-state index in [9.17, 15) is 10.1 Å². The molecular weight excluding hydrogens is 380 g/mol. The number of nitrogens with one attached hydrogen (secondary N) is 1. The van der Waals surface area contributed by atoms with Gasteiger partial charge in [0.25, 0.3) is 5.69 Å². The summed E-state index contributed by atoms with van der Waals surface area (Å²) in [6.07, 6.45) is 2.05. The summed E-state index contributed by atoms with van der Waals surface area (Å²) in [6.45, 7) is 0.657. The first kappa shape index (κ1) is 17.6. The quantitative estimate of drug-likeness (QED) is 0.356. The topological polar surface area (TPSA) is 73.0 Å². The second-order valence-corrected chi connectivity index (χ2v) is 7.71. The van der Waals surface area contributed by atoms with Gasteiger partial charge in [0.05, 0.1) is 33.1 Å². The largest absolute Gasteiger partial charge is 0.388 e. The standard InChI is InChI=1S/C19H16N4O2S2/c1-20-13-6-7-15-17(8-13)22(9-14-11-26-12-21-14)10-19(15)27-18-5-3-2-4-16(18)23(24)25/h2-8,10-12,20H,9H2,1H3. The third-order valence-corrected chi connectivity index (χ3v) is 5.98.